The standard InChI is InChI=1S/C12H15F2N5/c1-12(3-2-4-15-6-12)9-5-8(10(13)14)18-11-16-7-17-19(9)11/h5,7,10,15H,2-4,6H2,1H3. The van der Waals surface area contributed by atoms with Crippen molar-refractivity contribution in [3.8, 4) is 0 Å². The minimum atomic E-state index is -2.60. The van der Waals surface area contributed by atoms with Crippen LogP contribution in [-0.4, -0.2) is 32.7 Å². The lowest BCUT2D eigenvalue weighted by molar-refractivity contribution is 0.145. The van der Waals surface area contributed by atoms with Crippen molar-refractivity contribution in [2.75, 3.05) is 13.1 Å². The maximum absolute atomic E-state index is 12.9. The molecular formula is C12H15F2N5. The van der Waals surface area contributed by atoms with Crippen LogP contribution in [0.15, 0.2) is 12.4 Å². The van der Waals surface area contributed by atoms with E-state index in [0.29, 0.717) is 0 Å². The van der Waals surface area contributed by atoms with Gasteiger partial charge in [0.05, 0.1) is 5.69 Å². The Hall–Kier alpha value is -1.63. The zero-order valence-corrected chi connectivity index (χ0v) is 10.6. The second-order valence-electron chi connectivity index (χ2n) is 5.18. The lowest BCUT2D eigenvalue weighted by Gasteiger charge is -2.34. The summed E-state index contributed by atoms with van der Waals surface area (Å²) in [5.74, 6) is 0.236. The maximum Gasteiger partial charge on any atom is 0.280 e. The van der Waals surface area contributed by atoms with Crippen LogP contribution in [0.2, 0.25) is 0 Å². The second kappa shape index (κ2) is 4.48. The van der Waals surface area contributed by atoms with E-state index in [9.17, 15) is 8.78 Å². The summed E-state index contributed by atoms with van der Waals surface area (Å²) in [5.41, 5.74) is 0.288. The van der Waals surface area contributed by atoms with E-state index in [0.717, 1.165) is 31.6 Å². The van der Waals surface area contributed by atoms with Crippen LogP contribution in [0, 0.1) is 0 Å². The molecule has 1 aliphatic heterocycles. The molecular weight excluding hydrogens is 252 g/mol. The van der Waals surface area contributed by atoms with Crippen molar-refractivity contribution >= 4 is 5.78 Å². The molecule has 0 aromatic carbocycles. The van der Waals surface area contributed by atoms with E-state index in [1.54, 1.807) is 4.52 Å². The fourth-order valence-electron chi connectivity index (χ4n) is 2.65. The molecule has 7 heteroatoms. The lowest BCUT2D eigenvalue weighted by atomic mass is 9.79. The van der Waals surface area contributed by atoms with Crippen LogP contribution in [0.4, 0.5) is 8.78 Å². The highest BCUT2D eigenvalue weighted by molar-refractivity contribution is 5.34. The van der Waals surface area contributed by atoms with Gasteiger partial charge in [-0.1, -0.05) is 6.92 Å². The maximum atomic E-state index is 12.9. The fraction of sp³-hybridized carbons (Fsp3) is 0.583. The molecule has 0 amide bonds. The van der Waals surface area contributed by atoms with Gasteiger partial charge in [0.2, 0.25) is 0 Å². The molecule has 5 nitrogen and oxygen atoms in total. The summed E-state index contributed by atoms with van der Waals surface area (Å²) < 4.78 is 27.4. The summed E-state index contributed by atoms with van der Waals surface area (Å²) in [7, 11) is 0. The summed E-state index contributed by atoms with van der Waals surface area (Å²) in [6, 6.07) is 1.46. The Morgan fingerprint density at radius 3 is 3.00 bits per heavy atom. The number of nitrogens with zero attached hydrogens (tertiary/aromatic N) is 4. The molecule has 19 heavy (non-hydrogen) atoms. The van der Waals surface area contributed by atoms with Crippen molar-refractivity contribution in [3.63, 3.8) is 0 Å². The summed E-state index contributed by atoms with van der Waals surface area (Å²) in [4.78, 5) is 7.78. The molecule has 0 spiro atoms. The number of fused-ring (bicyclic) bond motifs is 1. The average Bonchev–Trinajstić information content (AvgIpc) is 2.86. The number of hydrogen-bond acceptors (Lipinski definition) is 4. The first kappa shape index (κ1) is 12.4. The Morgan fingerprint density at radius 1 is 1.47 bits per heavy atom. The van der Waals surface area contributed by atoms with Gasteiger partial charge in [0.15, 0.2) is 0 Å². The van der Waals surface area contributed by atoms with E-state index in [1.807, 2.05) is 0 Å². The molecule has 3 rings (SSSR count). The Kier molecular flexibility index (Phi) is 2.93. The molecule has 1 fully saturated rings. The molecule has 0 saturated carbocycles. The highest BCUT2D eigenvalue weighted by Crippen LogP contribution is 2.32. The Labute approximate surface area is 109 Å². The van der Waals surface area contributed by atoms with Gasteiger partial charge in [-0.15, -0.1) is 0 Å². The molecule has 1 atom stereocenters. The highest BCUT2D eigenvalue weighted by Gasteiger charge is 2.33. The van der Waals surface area contributed by atoms with E-state index >= 15 is 0 Å². The third-order valence-electron chi connectivity index (χ3n) is 3.71. The number of hydrogen-bond donors (Lipinski definition) is 1. The lowest BCUT2D eigenvalue weighted by Crippen LogP contribution is -2.42. The van der Waals surface area contributed by atoms with Crippen LogP contribution < -0.4 is 5.32 Å². The number of halogens is 2. The van der Waals surface area contributed by atoms with E-state index in [4.69, 9.17) is 0 Å². The van der Waals surface area contributed by atoms with E-state index < -0.39 is 6.43 Å². The number of nitrogens with one attached hydrogen (secondary N) is 1. The van der Waals surface area contributed by atoms with Crippen LogP contribution >= 0.6 is 0 Å². The van der Waals surface area contributed by atoms with Crippen molar-refractivity contribution in [2.45, 2.75) is 31.6 Å². The molecule has 2 aromatic rings. The van der Waals surface area contributed by atoms with Gasteiger partial charge in [0, 0.05) is 12.0 Å². The zero-order chi connectivity index (χ0) is 13.5. The first-order valence-corrected chi connectivity index (χ1v) is 6.30. The molecule has 2 aromatic heterocycles. The van der Waals surface area contributed by atoms with Crippen LogP contribution in [0.1, 0.15) is 37.6 Å². The van der Waals surface area contributed by atoms with Crippen LogP contribution in [0.5, 0.6) is 0 Å². The predicted molar refractivity (Wildman–Crippen MR) is 65.2 cm³/mol. The minimum absolute atomic E-state index is 0.225. The first-order chi connectivity index (χ1) is 9.10. The van der Waals surface area contributed by atoms with Gasteiger partial charge in [-0.05, 0) is 25.5 Å². The molecule has 1 aliphatic rings. The van der Waals surface area contributed by atoms with Gasteiger partial charge in [-0.3, -0.25) is 0 Å². The van der Waals surface area contributed by atoms with Gasteiger partial charge in [-0.25, -0.2) is 18.3 Å². The summed E-state index contributed by atoms with van der Waals surface area (Å²) in [5, 5.41) is 7.42. The number of alkyl halides is 2. The minimum Gasteiger partial charge on any atom is -0.316 e. The van der Waals surface area contributed by atoms with Crippen molar-refractivity contribution in [1.29, 1.82) is 0 Å². The average molecular weight is 267 g/mol. The van der Waals surface area contributed by atoms with Gasteiger partial charge in [0.25, 0.3) is 12.2 Å². The van der Waals surface area contributed by atoms with Gasteiger partial charge in [-0.2, -0.15) is 10.1 Å². The number of piperidine rings is 1. The molecule has 0 radical (unpaired) electrons. The normalized spacial score (nSPS) is 24.2. The summed E-state index contributed by atoms with van der Waals surface area (Å²) in [6.07, 6.45) is 0.696. The summed E-state index contributed by atoms with van der Waals surface area (Å²) >= 11 is 0. The zero-order valence-electron chi connectivity index (χ0n) is 10.6. The van der Waals surface area contributed by atoms with Crippen LogP contribution in [0.25, 0.3) is 5.78 Å². The third-order valence-corrected chi connectivity index (χ3v) is 3.71. The van der Waals surface area contributed by atoms with Gasteiger partial charge < -0.3 is 5.32 Å². The second-order valence-corrected chi connectivity index (χ2v) is 5.18. The summed E-state index contributed by atoms with van der Waals surface area (Å²) in [6.45, 7) is 3.77. The van der Waals surface area contributed by atoms with Crippen molar-refractivity contribution in [2.24, 2.45) is 0 Å². The number of rotatable bonds is 2. The molecule has 1 saturated heterocycles. The van der Waals surface area contributed by atoms with Gasteiger partial charge >= 0.3 is 0 Å². The van der Waals surface area contributed by atoms with E-state index in [-0.39, 0.29) is 16.9 Å². The molecule has 0 bridgehead atoms. The Bertz CT molecular complexity index is 589. The van der Waals surface area contributed by atoms with Crippen LogP contribution in [0.3, 0.4) is 0 Å². The molecule has 0 aliphatic carbocycles. The number of aromatic nitrogens is 4. The Balaban J connectivity index is 2.17. The Morgan fingerprint density at radius 2 is 2.32 bits per heavy atom. The van der Waals surface area contributed by atoms with Crippen molar-refractivity contribution < 1.29 is 8.78 Å². The predicted octanol–water partition coefficient (Wildman–Crippen LogP) is 1.70. The highest BCUT2D eigenvalue weighted by atomic mass is 19.3. The monoisotopic (exact) mass is 267 g/mol. The molecule has 102 valence electrons. The topological polar surface area (TPSA) is 55.1 Å². The van der Waals surface area contributed by atoms with E-state index in [2.05, 4.69) is 27.3 Å². The SMILES string of the molecule is CC1(c2cc(C(F)F)nc3ncnn23)CCCNC1. The quantitative estimate of drug-likeness (QED) is 0.900. The van der Waals surface area contributed by atoms with Gasteiger partial charge in [0.1, 0.15) is 12.0 Å². The van der Waals surface area contributed by atoms with Crippen molar-refractivity contribution in [3.05, 3.63) is 23.8 Å². The third kappa shape index (κ3) is 2.07. The smallest absolute Gasteiger partial charge is 0.280 e. The van der Waals surface area contributed by atoms with E-state index in [1.165, 1.54) is 12.4 Å². The molecule has 1 unspecified atom stereocenters. The molecule has 3 heterocycles. The fourth-order valence-corrected chi connectivity index (χ4v) is 2.65. The first-order valence-electron chi connectivity index (χ1n) is 6.30. The largest absolute Gasteiger partial charge is 0.316 e. The van der Waals surface area contributed by atoms with Crippen molar-refractivity contribution in [1.82, 2.24) is 24.9 Å². The van der Waals surface area contributed by atoms with Crippen LogP contribution in [-0.2, 0) is 5.41 Å². The molecule has 1 N–H and O–H groups in total.